The summed E-state index contributed by atoms with van der Waals surface area (Å²) < 4.78 is 11.1. The van der Waals surface area contributed by atoms with Crippen molar-refractivity contribution in [1.82, 2.24) is 9.13 Å². The van der Waals surface area contributed by atoms with Gasteiger partial charge in [0.25, 0.3) is 0 Å². The molecule has 220 valence electrons. The fraction of sp³-hybridized carbons (Fsp3) is 0. The molecule has 0 bridgehead atoms. The van der Waals surface area contributed by atoms with Crippen molar-refractivity contribution in [1.29, 1.82) is 0 Å². The van der Waals surface area contributed by atoms with Gasteiger partial charge in [0.15, 0.2) is 0 Å². The first kappa shape index (κ1) is 26.0. The minimum Gasteiger partial charge on any atom is -0.439 e. The molecule has 0 spiro atoms. The van der Waals surface area contributed by atoms with E-state index in [1.54, 1.807) is 0 Å². The molecule has 0 radical (unpaired) electrons. The molecule has 0 saturated carbocycles. The first-order valence-corrected chi connectivity index (χ1v) is 16.0. The van der Waals surface area contributed by atoms with Crippen LogP contribution in [0.1, 0.15) is 0 Å². The third-order valence-electron chi connectivity index (χ3n) is 9.54. The highest BCUT2D eigenvalue weighted by Crippen LogP contribution is 2.40. The van der Waals surface area contributed by atoms with Crippen molar-refractivity contribution in [3.63, 3.8) is 0 Å². The molecule has 3 nitrogen and oxygen atoms in total. The third kappa shape index (κ3) is 3.93. The summed E-state index contributed by atoms with van der Waals surface area (Å²) in [6.07, 6.45) is 0. The SMILES string of the molecule is c1ccc(-c2ccc3c(c2)c2cc(-c4ccccc4)ccc2n3-c2ccc(-n3c4ccccc4c4c5ccccc5oc43)cc2)cc1. The van der Waals surface area contributed by atoms with Crippen LogP contribution >= 0.6 is 0 Å². The van der Waals surface area contributed by atoms with E-state index in [2.05, 4.69) is 167 Å². The molecule has 0 saturated heterocycles. The number of para-hydroxylation sites is 2. The summed E-state index contributed by atoms with van der Waals surface area (Å²) in [7, 11) is 0. The molecular weight excluding hydrogens is 572 g/mol. The smallest absolute Gasteiger partial charge is 0.213 e. The topological polar surface area (TPSA) is 23.0 Å². The van der Waals surface area contributed by atoms with Crippen molar-refractivity contribution in [2.75, 3.05) is 0 Å². The number of hydrogen-bond donors (Lipinski definition) is 0. The zero-order valence-electron chi connectivity index (χ0n) is 25.5. The van der Waals surface area contributed by atoms with Gasteiger partial charge in [-0.15, -0.1) is 0 Å². The Hall–Kier alpha value is -6.32. The Morgan fingerprint density at radius 3 is 1.45 bits per heavy atom. The Labute approximate surface area is 271 Å². The Morgan fingerprint density at radius 2 is 0.830 bits per heavy atom. The van der Waals surface area contributed by atoms with Crippen molar-refractivity contribution < 1.29 is 4.42 Å². The second-order valence-electron chi connectivity index (χ2n) is 12.2. The molecule has 0 atom stereocenters. The van der Waals surface area contributed by atoms with E-state index in [1.807, 2.05) is 12.1 Å². The molecule has 0 amide bonds. The fourth-order valence-electron chi connectivity index (χ4n) is 7.37. The zero-order chi connectivity index (χ0) is 30.9. The molecule has 3 aromatic heterocycles. The standard InChI is InChI=1S/C44H28N2O/c1-3-11-29(12-4-1)31-19-25-40-37(27-31)38-28-32(30-13-5-2-6-14-30)20-26-41(38)45(40)33-21-23-34(24-22-33)46-39-17-9-7-15-35(39)43-36-16-8-10-18-42(36)47-44(43)46/h1-28H. The zero-order valence-corrected chi connectivity index (χ0v) is 25.5. The molecular formula is C44H28N2O. The number of hydrogen-bond acceptors (Lipinski definition) is 1. The van der Waals surface area contributed by atoms with Crippen molar-refractivity contribution in [2.24, 2.45) is 0 Å². The van der Waals surface area contributed by atoms with Gasteiger partial charge < -0.3 is 8.98 Å². The van der Waals surface area contributed by atoms with Gasteiger partial charge in [-0.25, -0.2) is 0 Å². The van der Waals surface area contributed by atoms with Crippen molar-refractivity contribution in [3.8, 4) is 33.6 Å². The molecule has 10 aromatic rings. The van der Waals surface area contributed by atoms with Crippen LogP contribution in [0.3, 0.4) is 0 Å². The Kier molecular flexibility index (Phi) is 5.57. The Balaban J connectivity index is 1.18. The summed E-state index contributed by atoms with van der Waals surface area (Å²) in [4.78, 5) is 0. The van der Waals surface area contributed by atoms with Crippen LogP contribution in [0.15, 0.2) is 174 Å². The predicted octanol–water partition coefficient (Wildman–Crippen LogP) is 12.0. The van der Waals surface area contributed by atoms with Gasteiger partial charge in [0.05, 0.1) is 21.9 Å². The maximum Gasteiger partial charge on any atom is 0.213 e. The minimum absolute atomic E-state index is 0.874. The summed E-state index contributed by atoms with van der Waals surface area (Å²) in [6.45, 7) is 0. The molecule has 0 unspecified atom stereocenters. The molecule has 3 heteroatoms. The molecule has 0 aliphatic carbocycles. The van der Waals surface area contributed by atoms with Crippen LogP contribution in [-0.4, -0.2) is 9.13 Å². The second-order valence-corrected chi connectivity index (χ2v) is 12.2. The highest BCUT2D eigenvalue weighted by molar-refractivity contribution is 6.20. The van der Waals surface area contributed by atoms with Crippen LogP contribution in [0.25, 0.3) is 88.4 Å². The molecule has 0 aliphatic heterocycles. The van der Waals surface area contributed by atoms with E-state index in [-0.39, 0.29) is 0 Å². The Bertz CT molecular complexity index is 2670. The maximum absolute atomic E-state index is 6.49. The van der Waals surface area contributed by atoms with Crippen LogP contribution in [0, 0.1) is 0 Å². The molecule has 47 heavy (non-hydrogen) atoms. The van der Waals surface area contributed by atoms with E-state index in [1.165, 1.54) is 49.4 Å². The van der Waals surface area contributed by atoms with Crippen molar-refractivity contribution in [2.45, 2.75) is 0 Å². The van der Waals surface area contributed by atoms with Gasteiger partial charge in [-0.1, -0.05) is 109 Å². The summed E-state index contributed by atoms with van der Waals surface area (Å²) >= 11 is 0. The van der Waals surface area contributed by atoms with Gasteiger partial charge in [0.1, 0.15) is 5.58 Å². The first-order valence-electron chi connectivity index (χ1n) is 16.0. The molecule has 0 N–H and O–H groups in total. The number of rotatable bonds is 4. The minimum atomic E-state index is 0.874. The first-order chi connectivity index (χ1) is 23.3. The van der Waals surface area contributed by atoms with E-state index < -0.39 is 0 Å². The molecule has 0 aliphatic rings. The van der Waals surface area contributed by atoms with E-state index >= 15 is 0 Å². The molecule has 7 aromatic carbocycles. The second kappa shape index (κ2) is 10.1. The number of fused-ring (bicyclic) bond motifs is 8. The molecule has 0 fully saturated rings. The number of furan rings is 1. The van der Waals surface area contributed by atoms with Gasteiger partial charge >= 0.3 is 0 Å². The lowest BCUT2D eigenvalue weighted by molar-refractivity contribution is 0.645. The van der Waals surface area contributed by atoms with E-state index in [0.29, 0.717) is 0 Å². The summed E-state index contributed by atoms with van der Waals surface area (Å²) in [5.74, 6) is 0. The highest BCUT2D eigenvalue weighted by atomic mass is 16.3. The predicted molar refractivity (Wildman–Crippen MR) is 196 cm³/mol. The maximum atomic E-state index is 6.49. The largest absolute Gasteiger partial charge is 0.439 e. The van der Waals surface area contributed by atoms with Crippen LogP contribution < -0.4 is 0 Å². The lowest BCUT2D eigenvalue weighted by Gasteiger charge is -2.11. The van der Waals surface area contributed by atoms with Gasteiger partial charge in [0.2, 0.25) is 5.71 Å². The fourth-order valence-corrected chi connectivity index (χ4v) is 7.37. The van der Waals surface area contributed by atoms with E-state index in [4.69, 9.17) is 4.42 Å². The van der Waals surface area contributed by atoms with Gasteiger partial charge in [0, 0.05) is 32.9 Å². The quantitative estimate of drug-likeness (QED) is 0.197. The van der Waals surface area contributed by atoms with E-state index in [0.717, 1.165) is 39.0 Å². The van der Waals surface area contributed by atoms with Crippen LogP contribution in [0.2, 0.25) is 0 Å². The molecule has 3 heterocycles. The van der Waals surface area contributed by atoms with E-state index in [9.17, 15) is 0 Å². The van der Waals surface area contributed by atoms with Crippen molar-refractivity contribution >= 4 is 54.8 Å². The average molecular weight is 601 g/mol. The highest BCUT2D eigenvalue weighted by Gasteiger charge is 2.20. The summed E-state index contributed by atoms with van der Waals surface area (Å²) in [5.41, 5.74) is 12.3. The molecule has 10 rings (SSSR count). The van der Waals surface area contributed by atoms with Gasteiger partial charge in [-0.3, -0.25) is 4.57 Å². The summed E-state index contributed by atoms with van der Waals surface area (Å²) in [5, 5.41) is 5.98. The van der Waals surface area contributed by atoms with Gasteiger partial charge in [-0.05, 0) is 82.9 Å². The Morgan fingerprint density at radius 1 is 0.340 bits per heavy atom. The number of benzene rings is 7. The normalized spacial score (nSPS) is 11.8. The van der Waals surface area contributed by atoms with Crippen LogP contribution in [0.5, 0.6) is 0 Å². The van der Waals surface area contributed by atoms with Crippen molar-refractivity contribution in [3.05, 3.63) is 170 Å². The lowest BCUT2D eigenvalue weighted by Crippen LogP contribution is -1.97. The average Bonchev–Trinajstić information content (AvgIpc) is 3.79. The van der Waals surface area contributed by atoms with Crippen LogP contribution in [-0.2, 0) is 0 Å². The van der Waals surface area contributed by atoms with Crippen LogP contribution in [0.4, 0.5) is 0 Å². The summed E-state index contributed by atoms with van der Waals surface area (Å²) in [6, 6.07) is 60.7. The lowest BCUT2D eigenvalue weighted by atomic mass is 10.0. The number of nitrogens with zero attached hydrogens (tertiary/aromatic N) is 2. The monoisotopic (exact) mass is 600 g/mol. The number of aromatic nitrogens is 2. The third-order valence-corrected chi connectivity index (χ3v) is 9.54. The van der Waals surface area contributed by atoms with Gasteiger partial charge in [-0.2, -0.15) is 0 Å².